The maximum atomic E-state index is 5.50. The molecule has 0 N–H and O–H groups in total. The smallest absolute Gasteiger partial charge is 0.104 e. The molecule has 21 heavy (non-hydrogen) atoms. The largest absolute Gasteiger partial charge is 0.381 e. The Bertz CT molecular complexity index is 218. The summed E-state index contributed by atoms with van der Waals surface area (Å²) in [4.78, 5) is 0. The van der Waals surface area contributed by atoms with Gasteiger partial charge in [-0.2, -0.15) is 0 Å². The van der Waals surface area contributed by atoms with Crippen LogP contribution in [0.2, 0.25) is 0 Å². The average Bonchev–Trinajstić information content (AvgIpc) is 3.37. The van der Waals surface area contributed by atoms with Gasteiger partial charge in [0, 0.05) is 39.6 Å². The highest BCUT2D eigenvalue weighted by Crippen LogP contribution is 2.09. The average molecular weight is 304 g/mol. The Kier molecular flexibility index (Phi) is 9.25. The van der Waals surface area contributed by atoms with Crippen molar-refractivity contribution in [1.29, 1.82) is 0 Å². The minimum absolute atomic E-state index is 0.357. The van der Waals surface area contributed by atoms with E-state index in [9.17, 15) is 0 Å². The van der Waals surface area contributed by atoms with Crippen LogP contribution in [-0.4, -0.2) is 78.3 Å². The van der Waals surface area contributed by atoms with E-state index in [2.05, 4.69) is 0 Å². The second-order valence-electron chi connectivity index (χ2n) is 5.35. The molecule has 2 aliphatic rings. The zero-order chi connectivity index (χ0) is 14.6. The Morgan fingerprint density at radius 2 is 0.905 bits per heavy atom. The van der Waals surface area contributed by atoms with Crippen LogP contribution in [0.25, 0.3) is 0 Å². The van der Waals surface area contributed by atoms with E-state index < -0.39 is 0 Å². The summed E-state index contributed by atoms with van der Waals surface area (Å²) in [5.74, 6) is 0. The van der Waals surface area contributed by atoms with Crippen LogP contribution in [0.3, 0.4) is 0 Å². The third-order valence-electron chi connectivity index (χ3n) is 3.14. The molecule has 2 saturated heterocycles. The Morgan fingerprint density at radius 1 is 0.571 bits per heavy atom. The first-order chi connectivity index (χ1) is 10.4. The number of epoxide rings is 2. The summed E-state index contributed by atoms with van der Waals surface area (Å²) in [7, 11) is 0. The van der Waals surface area contributed by atoms with Crippen LogP contribution in [0.4, 0.5) is 0 Å². The molecule has 2 unspecified atom stereocenters. The van der Waals surface area contributed by atoms with Crippen LogP contribution >= 0.6 is 0 Å². The number of ether oxygens (including phenoxy) is 6. The van der Waals surface area contributed by atoms with Crippen LogP contribution in [0.1, 0.15) is 19.3 Å². The minimum Gasteiger partial charge on any atom is -0.381 e. The fourth-order valence-corrected chi connectivity index (χ4v) is 1.75. The molecule has 0 spiro atoms. The SMILES string of the molecule is C(COCCCOCC1CO1)COCCCOCC1CO1. The molecule has 0 bridgehead atoms. The van der Waals surface area contributed by atoms with E-state index in [4.69, 9.17) is 28.4 Å². The molecule has 0 aromatic heterocycles. The van der Waals surface area contributed by atoms with Gasteiger partial charge in [-0.05, 0) is 19.3 Å². The molecular weight excluding hydrogens is 276 g/mol. The first-order valence-electron chi connectivity index (χ1n) is 7.99. The second kappa shape index (κ2) is 11.3. The molecule has 6 heteroatoms. The quantitative estimate of drug-likeness (QED) is 0.313. The summed E-state index contributed by atoms with van der Waals surface area (Å²) in [6, 6.07) is 0. The van der Waals surface area contributed by atoms with Crippen molar-refractivity contribution in [3.8, 4) is 0 Å². The van der Waals surface area contributed by atoms with Crippen molar-refractivity contribution in [3.63, 3.8) is 0 Å². The maximum Gasteiger partial charge on any atom is 0.104 e. The molecule has 124 valence electrons. The lowest BCUT2D eigenvalue weighted by Crippen LogP contribution is -2.08. The van der Waals surface area contributed by atoms with Crippen molar-refractivity contribution < 1.29 is 28.4 Å². The fraction of sp³-hybridized carbons (Fsp3) is 1.00. The van der Waals surface area contributed by atoms with Crippen molar-refractivity contribution >= 4 is 0 Å². The lowest BCUT2D eigenvalue weighted by Gasteiger charge is -2.06. The van der Waals surface area contributed by atoms with Crippen molar-refractivity contribution in [2.45, 2.75) is 31.5 Å². The molecule has 2 atom stereocenters. The van der Waals surface area contributed by atoms with Gasteiger partial charge in [0.2, 0.25) is 0 Å². The van der Waals surface area contributed by atoms with Gasteiger partial charge in [0.15, 0.2) is 0 Å². The molecule has 0 aliphatic carbocycles. The standard InChI is InChI=1S/C15H28O6/c1(4-16-6-2-8-18-10-14-12-20-14)5-17-7-3-9-19-11-15-13-21-15/h14-15H,1-13H2. The third kappa shape index (κ3) is 11.0. The summed E-state index contributed by atoms with van der Waals surface area (Å²) < 4.78 is 32.0. The molecule has 0 radical (unpaired) electrons. The molecule has 2 aliphatic heterocycles. The van der Waals surface area contributed by atoms with Gasteiger partial charge in [-0.15, -0.1) is 0 Å². The van der Waals surface area contributed by atoms with Crippen molar-refractivity contribution in [2.75, 3.05) is 66.1 Å². The predicted molar refractivity (Wildman–Crippen MR) is 76.6 cm³/mol. The van der Waals surface area contributed by atoms with Crippen LogP contribution < -0.4 is 0 Å². The Balaban J connectivity index is 1.16. The monoisotopic (exact) mass is 304 g/mol. The number of hydrogen-bond donors (Lipinski definition) is 0. The molecule has 0 saturated carbocycles. The van der Waals surface area contributed by atoms with E-state index >= 15 is 0 Å². The van der Waals surface area contributed by atoms with Crippen molar-refractivity contribution in [2.24, 2.45) is 0 Å². The summed E-state index contributed by atoms with van der Waals surface area (Å²) in [5, 5.41) is 0. The van der Waals surface area contributed by atoms with Gasteiger partial charge in [0.05, 0.1) is 26.4 Å². The first-order valence-corrected chi connectivity index (χ1v) is 7.99. The zero-order valence-electron chi connectivity index (χ0n) is 12.8. The van der Waals surface area contributed by atoms with Crippen molar-refractivity contribution in [3.05, 3.63) is 0 Å². The molecule has 0 aromatic carbocycles. The van der Waals surface area contributed by atoms with Crippen molar-refractivity contribution in [1.82, 2.24) is 0 Å². The van der Waals surface area contributed by atoms with E-state index in [1.807, 2.05) is 0 Å². The van der Waals surface area contributed by atoms with Gasteiger partial charge in [0.1, 0.15) is 12.2 Å². The molecule has 2 rings (SSSR count). The van der Waals surface area contributed by atoms with E-state index in [1.54, 1.807) is 0 Å². The summed E-state index contributed by atoms with van der Waals surface area (Å²) in [6.45, 7) is 7.68. The van der Waals surface area contributed by atoms with Crippen LogP contribution in [0, 0.1) is 0 Å². The van der Waals surface area contributed by atoms with E-state index in [1.165, 1.54) is 0 Å². The Labute approximate surface area is 127 Å². The summed E-state index contributed by atoms with van der Waals surface area (Å²) in [6.07, 6.45) is 3.53. The van der Waals surface area contributed by atoms with Crippen LogP contribution in [0.15, 0.2) is 0 Å². The first kappa shape index (κ1) is 17.1. The highest BCUT2D eigenvalue weighted by molar-refractivity contribution is 4.67. The predicted octanol–water partition coefficient (Wildman–Crippen LogP) is 1.02. The van der Waals surface area contributed by atoms with E-state index in [-0.39, 0.29) is 0 Å². The number of hydrogen-bond acceptors (Lipinski definition) is 6. The highest BCUT2D eigenvalue weighted by Gasteiger charge is 2.22. The van der Waals surface area contributed by atoms with E-state index in [0.29, 0.717) is 12.2 Å². The van der Waals surface area contributed by atoms with Gasteiger partial charge >= 0.3 is 0 Å². The summed E-state index contributed by atoms with van der Waals surface area (Å²) >= 11 is 0. The highest BCUT2D eigenvalue weighted by atomic mass is 16.6. The Hall–Kier alpha value is -0.240. The lowest BCUT2D eigenvalue weighted by molar-refractivity contribution is 0.0506. The Morgan fingerprint density at radius 3 is 1.24 bits per heavy atom. The molecule has 0 amide bonds. The van der Waals surface area contributed by atoms with Gasteiger partial charge < -0.3 is 28.4 Å². The molecular formula is C15H28O6. The topological polar surface area (TPSA) is 62.0 Å². The fourth-order valence-electron chi connectivity index (χ4n) is 1.75. The van der Waals surface area contributed by atoms with Gasteiger partial charge in [0.25, 0.3) is 0 Å². The molecule has 6 nitrogen and oxygen atoms in total. The molecule has 2 heterocycles. The van der Waals surface area contributed by atoms with Gasteiger partial charge in [-0.3, -0.25) is 0 Å². The van der Waals surface area contributed by atoms with Crippen LogP contribution in [0.5, 0.6) is 0 Å². The van der Waals surface area contributed by atoms with Gasteiger partial charge in [-0.25, -0.2) is 0 Å². The summed E-state index contributed by atoms with van der Waals surface area (Å²) in [5.41, 5.74) is 0. The second-order valence-corrected chi connectivity index (χ2v) is 5.35. The zero-order valence-corrected chi connectivity index (χ0v) is 12.8. The molecule has 0 aromatic rings. The maximum absolute atomic E-state index is 5.50. The lowest BCUT2D eigenvalue weighted by atomic mass is 10.4. The normalized spacial score (nSPS) is 23.4. The molecule has 2 fully saturated rings. The third-order valence-corrected chi connectivity index (χ3v) is 3.14. The number of rotatable bonds is 16. The van der Waals surface area contributed by atoms with Crippen LogP contribution in [-0.2, 0) is 28.4 Å². The van der Waals surface area contributed by atoms with E-state index in [0.717, 1.165) is 85.3 Å². The minimum atomic E-state index is 0.357. The van der Waals surface area contributed by atoms with Gasteiger partial charge in [-0.1, -0.05) is 0 Å².